The molecule has 0 aromatic carbocycles. The number of aromatic nitrogens is 2. The minimum absolute atomic E-state index is 0.538. The van der Waals surface area contributed by atoms with Crippen LogP contribution in [0.2, 0.25) is 0 Å². The Morgan fingerprint density at radius 1 is 1.89 bits per heavy atom. The number of rotatable bonds is 2. The second-order valence-electron chi connectivity index (χ2n) is 2.22. The van der Waals surface area contributed by atoms with E-state index in [1.54, 1.807) is 6.20 Å². The maximum atomic E-state index is 4.01. The molecule has 1 radical (unpaired) electrons. The van der Waals surface area contributed by atoms with Gasteiger partial charge < -0.3 is 0 Å². The predicted molar refractivity (Wildman–Crippen MR) is 36.1 cm³/mol. The van der Waals surface area contributed by atoms with Crippen molar-refractivity contribution in [1.29, 1.82) is 0 Å². The van der Waals surface area contributed by atoms with Crippen LogP contribution < -0.4 is 0 Å². The molecule has 1 atom stereocenters. The predicted octanol–water partition coefficient (Wildman–Crippen LogP) is 1.72. The van der Waals surface area contributed by atoms with E-state index < -0.39 is 0 Å². The minimum Gasteiger partial charge on any atom is -0.285 e. The van der Waals surface area contributed by atoms with E-state index in [-0.39, 0.29) is 0 Å². The van der Waals surface area contributed by atoms with Gasteiger partial charge in [0.15, 0.2) is 0 Å². The Bertz CT molecular complexity index is 155. The van der Waals surface area contributed by atoms with Crippen LogP contribution in [0.3, 0.4) is 0 Å². The first-order valence-electron chi connectivity index (χ1n) is 3.26. The Morgan fingerprint density at radius 3 is 3.11 bits per heavy atom. The van der Waals surface area contributed by atoms with E-state index in [1.165, 1.54) is 0 Å². The molecule has 1 rings (SSSR count). The van der Waals surface area contributed by atoms with Crippen molar-refractivity contribution in [3.63, 3.8) is 0 Å². The summed E-state index contributed by atoms with van der Waals surface area (Å²) in [5.74, 6) is 0.538. The molecule has 0 aliphatic rings. The van der Waals surface area contributed by atoms with Crippen LogP contribution in [-0.2, 0) is 0 Å². The van der Waals surface area contributed by atoms with Crippen molar-refractivity contribution in [1.82, 2.24) is 10.2 Å². The smallest absolute Gasteiger partial charge is 0.0729 e. The van der Waals surface area contributed by atoms with Crippen LogP contribution in [0.15, 0.2) is 6.20 Å². The van der Waals surface area contributed by atoms with E-state index in [4.69, 9.17) is 0 Å². The van der Waals surface area contributed by atoms with Crippen LogP contribution in [0.5, 0.6) is 0 Å². The number of nitrogens with one attached hydrogen (secondary N) is 1. The molecule has 0 spiro atoms. The van der Waals surface area contributed by atoms with Crippen molar-refractivity contribution >= 4 is 0 Å². The standard InChI is InChI=1S/C7H11N2/c1-3-6(2)7-4-5-8-9-7/h5-6H,3H2,1-2H3,(H,8,9). The summed E-state index contributed by atoms with van der Waals surface area (Å²) in [5, 5.41) is 6.75. The van der Waals surface area contributed by atoms with Gasteiger partial charge in [-0.2, -0.15) is 5.10 Å². The molecular formula is C7H11N2. The lowest BCUT2D eigenvalue weighted by Crippen LogP contribution is -1.90. The molecule has 0 amide bonds. The third-order valence-corrected chi connectivity index (χ3v) is 1.55. The van der Waals surface area contributed by atoms with Gasteiger partial charge in [0.1, 0.15) is 0 Å². The number of aromatic amines is 1. The number of nitrogens with zero attached hydrogens (tertiary/aromatic N) is 1. The van der Waals surface area contributed by atoms with Crippen molar-refractivity contribution < 1.29 is 0 Å². The molecule has 49 valence electrons. The third kappa shape index (κ3) is 1.31. The third-order valence-electron chi connectivity index (χ3n) is 1.55. The second-order valence-corrected chi connectivity index (χ2v) is 2.22. The molecule has 1 heterocycles. The Kier molecular flexibility index (Phi) is 1.88. The lowest BCUT2D eigenvalue weighted by atomic mass is 10.1. The molecule has 1 aromatic rings. The SMILES string of the molecule is CCC(C)c1[c]c[nH]n1. The van der Waals surface area contributed by atoms with Crippen molar-refractivity contribution in [2.24, 2.45) is 0 Å². The first-order chi connectivity index (χ1) is 4.34. The average molecular weight is 123 g/mol. The highest BCUT2D eigenvalue weighted by molar-refractivity contribution is 5.01. The summed E-state index contributed by atoms with van der Waals surface area (Å²) >= 11 is 0. The maximum Gasteiger partial charge on any atom is 0.0729 e. The first-order valence-corrected chi connectivity index (χ1v) is 3.26. The molecule has 1 N–H and O–H groups in total. The van der Waals surface area contributed by atoms with Crippen LogP contribution in [0.1, 0.15) is 31.9 Å². The molecule has 0 saturated carbocycles. The minimum atomic E-state index is 0.538. The van der Waals surface area contributed by atoms with Gasteiger partial charge in [-0.25, -0.2) is 0 Å². The highest BCUT2D eigenvalue weighted by Gasteiger charge is 2.02. The molecule has 0 aliphatic heterocycles. The molecule has 2 heteroatoms. The van der Waals surface area contributed by atoms with Gasteiger partial charge in [-0.1, -0.05) is 13.8 Å². The monoisotopic (exact) mass is 123 g/mol. The molecule has 0 saturated heterocycles. The van der Waals surface area contributed by atoms with Crippen molar-refractivity contribution in [2.45, 2.75) is 26.2 Å². The summed E-state index contributed by atoms with van der Waals surface area (Å²) in [6, 6.07) is 3.02. The van der Waals surface area contributed by atoms with Crippen LogP contribution in [0, 0.1) is 6.07 Å². The highest BCUT2D eigenvalue weighted by atomic mass is 15.1. The van der Waals surface area contributed by atoms with Gasteiger partial charge in [0.2, 0.25) is 0 Å². The zero-order valence-electron chi connectivity index (χ0n) is 5.81. The van der Waals surface area contributed by atoms with E-state index in [1.807, 2.05) is 0 Å². The largest absolute Gasteiger partial charge is 0.285 e. The highest BCUT2D eigenvalue weighted by Crippen LogP contribution is 2.13. The van der Waals surface area contributed by atoms with Gasteiger partial charge in [0.25, 0.3) is 0 Å². The van der Waals surface area contributed by atoms with Gasteiger partial charge >= 0.3 is 0 Å². The quantitative estimate of drug-likeness (QED) is 0.637. The Balaban J connectivity index is 2.65. The number of H-pyrrole nitrogens is 1. The molecule has 1 aromatic heterocycles. The molecule has 2 nitrogen and oxygen atoms in total. The summed E-state index contributed by atoms with van der Waals surface area (Å²) in [5.41, 5.74) is 1.04. The number of hydrogen-bond acceptors (Lipinski definition) is 1. The molecule has 1 unspecified atom stereocenters. The second kappa shape index (κ2) is 2.67. The maximum absolute atomic E-state index is 4.01. The van der Waals surface area contributed by atoms with E-state index in [2.05, 4.69) is 30.1 Å². The normalized spacial score (nSPS) is 13.6. The zero-order chi connectivity index (χ0) is 6.69. The van der Waals surface area contributed by atoms with Gasteiger partial charge in [0.05, 0.1) is 5.69 Å². The fourth-order valence-electron chi connectivity index (χ4n) is 0.686. The van der Waals surface area contributed by atoms with E-state index in [0.29, 0.717) is 5.92 Å². The van der Waals surface area contributed by atoms with Crippen molar-refractivity contribution in [3.8, 4) is 0 Å². The van der Waals surface area contributed by atoms with Crippen molar-refractivity contribution in [2.75, 3.05) is 0 Å². The topological polar surface area (TPSA) is 28.7 Å². The molecule has 0 bridgehead atoms. The summed E-state index contributed by atoms with van der Waals surface area (Å²) < 4.78 is 0. The van der Waals surface area contributed by atoms with E-state index >= 15 is 0 Å². The molecule has 0 aliphatic carbocycles. The van der Waals surface area contributed by atoms with Gasteiger partial charge in [-0.3, -0.25) is 5.10 Å². The van der Waals surface area contributed by atoms with E-state index in [0.717, 1.165) is 12.1 Å². The van der Waals surface area contributed by atoms with Gasteiger partial charge in [0, 0.05) is 18.2 Å². The molecule has 9 heavy (non-hydrogen) atoms. The Hall–Kier alpha value is -0.790. The zero-order valence-corrected chi connectivity index (χ0v) is 5.81. The van der Waals surface area contributed by atoms with Crippen LogP contribution in [0.25, 0.3) is 0 Å². The molecular weight excluding hydrogens is 112 g/mol. The van der Waals surface area contributed by atoms with Crippen molar-refractivity contribution in [3.05, 3.63) is 18.0 Å². The summed E-state index contributed by atoms with van der Waals surface area (Å²) in [6.45, 7) is 4.29. The number of hydrogen-bond donors (Lipinski definition) is 1. The fourth-order valence-corrected chi connectivity index (χ4v) is 0.686. The van der Waals surface area contributed by atoms with Crippen LogP contribution in [-0.4, -0.2) is 10.2 Å². The van der Waals surface area contributed by atoms with Gasteiger partial charge in [-0.15, -0.1) is 0 Å². The fraction of sp³-hybridized carbons (Fsp3) is 0.571. The molecule has 0 fully saturated rings. The van der Waals surface area contributed by atoms with E-state index in [9.17, 15) is 0 Å². The lowest BCUT2D eigenvalue weighted by Gasteiger charge is -2.00. The van der Waals surface area contributed by atoms with Crippen LogP contribution >= 0.6 is 0 Å². The van der Waals surface area contributed by atoms with Gasteiger partial charge in [-0.05, 0) is 6.42 Å². The van der Waals surface area contributed by atoms with Crippen LogP contribution in [0.4, 0.5) is 0 Å². The summed E-state index contributed by atoms with van der Waals surface area (Å²) in [6.07, 6.45) is 2.86. The summed E-state index contributed by atoms with van der Waals surface area (Å²) in [7, 11) is 0. The summed E-state index contributed by atoms with van der Waals surface area (Å²) in [4.78, 5) is 0. The average Bonchev–Trinajstić information content (AvgIpc) is 2.37. The lowest BCUT2D eigenvalue weighted by molar-refractivity contribution is 0.702. The Labute approximate surface area is 55.3 Å². The first kappa shape index (κ1) is 6.33. The Morgan fingerprint density at radius 2 is 2.67 bits per heavy atom.